The van der Waals surface area contributed by atoms with E-state index in [1.807, 2.05) is 0 Å². The average molecular weight is 358 g/mol. The fourth-order valence-corrected chi connectivity index (χ4v) is 4.22. The summed E-state index contributed by atoms with van der Waals surface area (Å²) in [7, 11) is 0. The Bertz CT molecular complexity index is 651. The molecule has 2 aliphatic heterocycles. The standard InChI is InChI=1S/C18H26N6O2/c25-15-18(6-3-1-2-4-7-18)21-17(26)24(15)14-22-10-12-23(13-11-22)16-19-8-5-9-20-16/h5,8-9H,1-4,6-7,10-14H2,(H,21,26). The van der Waals surface area contributed by atoms with Crippen molar-refractivity contribution in [1.82, 2.24) is 25.1 Å². The van der Waals surface area contributed by atoms with Crippen LogP contribution in [0.25, 0.3) is 0 Å². The Morgan fingerprint density at radius 1 is 0.962 bits per heavy atom. The highest BCUT2D eigenvalue weighted by Gasteiger charge is 2.51. The summed E-state index contributed by atoms with van der Waals surface area (Å²) in [6, 6.07) is 1.58. The zero-order valence-corrected chi connectivity index (χ0v) is 15.1. The third-order valence-corrected chi connectivity index (χ3v) is 5.75. The van der Waals surface area contributed by atoms with Crippen molar-refractivity contribution in [3.8, 4) is 0 Å². The molecule has 1 spiro atoms. The van der Waals surface area contributed by atoms with E-state index in [0.29, 0.717) is 6.67 Å². The van der Waals surface area contributed by atoms with Crippen LogP contribution in [0.4, 0.5) is 10.7 Å². The van der Waals surface area contributed by atoms with Crippen LogP contribution >= 0.6 is 0 Å². The van der Waals surface area contributed by atoms with E-state index in [2.05, 4.69) is 25.1 Å². The lowest BCUT2D eigenvalue weighted by atomic mass is 9.90. The first kappa shape index (κ1) is 17.2. The number of urea groups is 1. The molecule has 3 aliphatic rings. The summed E-state index contributed by atoms with van der Waals surface area (Å²) in [5.74, 6) is 0.706. The molecule has 1 aliphatic carbocycles. The quantitative estimate of drug-likeness (QED) is 0.818. The molecule has 1 aromatic heterocycles. The highest BCUT2D eigenvalue weighted by molar-refractivity contribution is 6.07. The van der Waals surface area contributed by atoms with Crippen LogP contribution in [0.2, 0.25) is 0 Å². The maximum atomic E-state index is 13.0. The fourth-order valence-electron chi connectivity index (χ4n) is 4.22. The van der Waals surface area contributed by atoms with Gasteiger partial charge in [0.25, 0.3) is 5.91 Å². The highest BCUT2D eigenvalue weighted by Crippen LogP contribution is 2.32. The minimum atomic E-state index is -0.646. The van der Waals surface area contributed by atoms with Crippen molar-refractivity contribution in [2.45, 2.75) is 44.1 Å². The molecule has 0 unspecified atom stereocenters. The third-order valence-electron chi connectivity index (χ3n) is 5.75. The number of amides is 3. The Kier molecular flexibility index (Phi) is 4.76. The molecule has 3 heterocycles. The van der Waals surface area contributed by atoms with Crippen LogP contribution in [0, 0.1) is 0 Å². The molecule has 1 saturated carbocycles. The van der Waals surface area contributed by atoms with Crippen LogP contribution in [0.1, 0.15) is 38.5 Å². The molecule has 1 N–H and O–H groups in total. The summed E-state index contributed by atoms with van der Waals surface area (Å²) in [5, 5.41) is 3.01. The van der Waals surface area contributed by atoms with Crippen LogP contribution < -0.4 is 10.2 Å². The van der Waals surface area contributed by atoms with Crippen LogP contribution in [0.3, 0.4) is 0 Å². The van der Waals surface area contributed by atoms with Gasteiger partial charge in [0, 0.05) is 38.6 Å². The van der Waals surface area contributed by atoms with Gasteiger partial charge in [-0.3, -0.25) is 9.69 Å². The molecule has 3 fully saturated rings. The molecule has 1 aromatic rings. The number of piperazine rings is 1. The molecule has 0 atom stereocenters. The van der Waals surface area contributed by atoms with Gasteiger partial charge in [0.1, 0.15) is 5.54 Å². The maximum Gasteiger partial charge on any atom is 0.326 e. The molecule has 8 nitrogen and oxygen atoms in total. The topological polar surface area (TPSA) is 81.7 Å². The van der Waals surface area contributed by atoms with E-state index in [0.717, 1.165) is 70.7 Å². The predicted molar refractivity (Wildman–Crippen MR) is 96.5 cm³/mol. The number of rotatable bonds is 3. The Balaban J connectivity index is 1.36. The van der Waals surface area contributed by atoms with E-state index in [9.17, 15) is 9.59 Å². The summed E-state index contributed by atoms with van der Waals surface area (Å²) in [6.45, 7) is 3.51. The highest BCUT2D eigenvalue weighted by atomic mass is 16.2. The van der Waals surface area contributed by atoms with E-state index in [1.54, 1.807) is 18.5 Å². The number of nitrogens with zero attached hydrogens (tertiary/aromatic N) is 5. The van der Waals surface area contributed by atoms with E-state index in [-0.39, 0.29) is 11.9 Å². The Labute approximate surface area is 153 Å². The van der Waals surface area contributed by atoms with Crippen LogP contribution in [0.15, 0.2) is 18.5 Å². The number of nitrogens with one attached hydrogen (secondary N) is 1. The van der Waals surface area contributed by atoms with Crippen molar-refractivity contribution in [2.24, 2.45) is 0 Å². The van der Waals surface area contributed by atoms with E-state index >= 15 is 0 Å². The van der Waals surface area contributed by atoms with Crippen molar-refractivity contribution >= 4 is 17.9 Å². The predicted octanol–water partition coefficient (Wildman–Crippen LogP) is 1.20. The fraction of sp³-hybridized carbons (Fsp3) is 0.667. The lowest BCUT2D eigenvalue weighted by Gasteiger charge is -2.36. The van der Waals surface area contributed by atoms with Gasteiger partial charge in [-0.1, -0.05) is 25.7 Å². The Morgan fingerprint density at radius 2 is 1.62 bits per heavy atom. The van der Waals surface area contributed by atoms with Crippen LogP contribution in [-0.4, -0.2) is 70.1 Å². The Hall–Kier alpha value is -2.22. The number of imide groups is 1. The number of carbonyl (C=O) groups excluding carboxylic acids is 2. The van der Waals surface area contributed by atoms with Gasteiger partial charge >= 0.3 is 6.03 Å². The SMILES string of the molecule is O=C1NC2(CCCCCC2)C(=O)N1CN1CCN(c2ncccn2)CC1. The van der Waals surface area contributed by atoms with Gasteiger partial charge in [0.15, 0.2) is 0 Å². The first-order valence-electron chi connectivity index (χ1n) is 9.56. The number of hydrogen-bond acceptors (Lipinski definition) is 6. The second-order valence-corrected chi connectivity index (χ2v) is 7.45. The first-order valence-corrected chi connectivity index (χ1v) is 9.56. The molecule has 3 amide bonds. The van der Waals surface area contributed by atoms with Crippen LogP contribution in [0.5, 0.6) is 0 Å². The lowest BCUT2D eigenvalue weighted by Crippen LogP contribution is -2.52. The van der Waals surface area contributed by atoms with Gasteiger partial charge in [0.2, 0.25) is 5.95 Å². The van der Waals surface area contributed by atoms with Crippen molar-refractivity contribution in [2.75, 3.05) is 37.7 Å². The van der Waals surface area contributed by atoms with E-state index in [1.165, 1.54) is 4.90 Å². The maximum absolute atomic E-state index is 13.0. The average Bonchev–Trinajstić information content (AvgIpc) is 2.84. The summed E-state index contributed by atoms with van der Waals surface area (Å²) < 4.78 is 0. The van der Waals surface area contributed by atoms with Gasteiger partial charge in [0.05, 0.1) is 6.67 Å². The van der Waals surface area contributed by atoms with Gasteiger partial charge < -0.3 is 10.2 Å². The molecule has 2 saturated heterocycles. The largest absolute Gasteiger partial charge is 0.338 e. The zero-order valence-electron chi connectivity index (χ0n) is 15.1. The summed E-state index contributed by atoms with van der Waals surface area (Å²) in [4.78, 5) is 39.7. The smallest absolute Gasteiger partial charge is 0.326 e. The zero-order chi connectivity index (χ0) is 18.0. The van der Waals surface area contributed by atoms with Crippen molar-refractivity contribution in [1.29, 1.82) is 0 Å². The van der Waals surface area contributed by atoms with Crippen molar-refractivity contribution in [3.63, 3.8) is 0 Å². The molecule has 0 bridgehead atoms. The minimum absolute atomic E-state index is 0.0294. The number of anilines is 1. The summed E-state index contributed by atoms with van der Waals surface area (Å²) in [5.41, 5.74) is -0.646. The number of hydrogen-bond donors (Lipinski definition) is 1. The lowest BCUT2D eigenvalue weighted by molar-refractivity contribution is -0.133. The second kappa shape index (κ2) is 7.19. The molecule has 140 valence electrons. The van der Waals surface area contributed by atoms with Gasteiger partial charge in [-0.05, 0) is 18.9 Å². The molecule has 8 heteroatoms. The molecule has 0 radical (unpaired) electrons. The van der Waals surface area contributed by atoms with Crippen molar-refractivity contribution < 1.29 is 9.59 Å². The summed E-state index contributed by atoms with van der Waals surface area (Å²) >= 11 is 0. The molecule has 0 aromatic carbocycles. The van der Waals surface area contributed by atoms with Gasteiger partial charge in [-0.15, -0.1) is 0 Å². The van der Waals surface area contributed by atoms with Gasteiger partial charge in [-0.2, -0.15) is 0 Å². The normalized spacial score (nSPS) is 24.0. The first-order chi connectivity index (χ1) is 12.7. The molecule has 4 rings (SSSR count). The van der Waals surface area contributed by atoms with Crippen molar-refractivity contribution in [3.05, 3.63) is 18.5 Å². The number of aromatic nitrogens is 2. The molecule has 26 heavy (non-hydrogen) atoms. The summed E-state index contributed by atoms with van der Waals surface area (Å²) in [6.07, 6.45) is 9.34. The molecular formula is C18H26N6O2. The van der Waals surface area contributed by atoms with Gasteiger partial charge in [-0.25, -0.2) is 19.7 Å². The minimum Gasteiger partial charge on any atom is -0.338 e. The van der Waals surface area contributed by atoms with Crippen LogP contribution in [-0.2, 0) is 4.79 Å². The second-order valence-electron chi connectivity index (χ2n) is 7.45. The van der Waals surface area contributed by atoms with E-state index in [4.69, 9.17) is 0 Å². The number of carbonyl (C=O) groups is 2. The molecular weight excluding hydrogens is 332 g/mol. The third kappa shape index (κ3) is 3.25. The Morgan fingerprint density at radius 3 is 2.27 bits per heavy atom. The monoisotopic (exact) mass is 358 g/mol. The van der Waals surface area contributed by atoms with E-state index < -0.39 is 5.54 Å².